The average molecular weight is 210 g/mol. The largest absolute Gasteiger partial charge is 0.299 e. The molecule has 0 unspecified atom stereocenters. The highest BCUT2D eigenvalue weighted by atomic mass is 16.1. The van der Waals surface area contributed by atoms with Crippen molar-refractivity contribution in [3.8, 4) is 0 Å². The van der Waals surface area contributed by atoms with E-state index in [0.29, 0.717) is 5.69 Å². The van der Waals surface area contributed by atoms with E-state index < -0.39 is 0 Å². The molecule has 0 saturated heterocycles. The third kappa shape index (κ3) is 1.21. The van der Waals surface area contributed by atoms with Crippen molar-refractivity contribution in [1.29, 1.82) is 0 Å². The molecule has 3 heteroatoms. The van der Waals surface area contributed by atoms with Gasteiger partial charge in [0.05, 0.1) is 5.52 Å². The summed E-state index contributed by atoms with van der Waals surface area (Å²) in [6.07, 6.45) is 2.54. The summed E-state index contributed by atoms with van der Waals surface area (Å²) < 4.78 is 1.95. The number of benzene rings is 1. The van der Waals surface area contributed by atoms with Gasteiger partial charge in [-0.1, -0.05) is 12.1 Å². The van der Waals surface area contributed by atoms with Crippen LogP contribution >= 0.6 is 0 Å². The molecule has 0 aliphatic rings. The molecule has 0 spiro atoms. The van der Waals surface area contributed by atoms with Crippen molar-refractivity contribution in [3.63, 3.8) is 0 Å². The minimum absolute atomic E-state index is 0.467. The summed E-state index contributed by atoms with van der Waals surface area (Å²) in [5.41, 5.74) is 3.55. The second-order valence-electron chi connectivity index (χ2n) is 3.91. The zero-order valence-electron chi connectivity index (χ0n) is 8.84. The van der Waals surface area contributed by atoms with Crippen LogP contribution in [0.2, 0.25) is 0 Å². The lowest BCUT2D eigenvalue weighted by Gasteiger charge is -2.02. The van der Waals surface area contributed by atoms with Crippen LogP contribution in [-0.4, -0.2) is 15.7 Å². The minimum Gasteiger partial charge on any atom is -0.299 e. The molecule has 2 aromatic heterocycles. The van der Waals surface area contributed by atoms with Crippen molar-refractivity contribution in [2.45, 2.75) is 6.92 Å². The predicted octanol–water partition coefficient (Wildman–Crippen LogP) is 2.61. The van der Waals surface area contributed by atoms with E-state index in [1.165, 1.54) is 5.56 Å². The minimum atomic E-state index is 0.467. The molecule has 78 valence electrons. The van der Waals surface area contributed by atoms with Crippen LogP contribution in [0.4, 0.5) is 0 Å². The number of imidazole rings is 1. The topological polar surface area (TPSA) is 34.4 Å². The number of rotatable bonds is 1. The second kappa shape index (κ2) is 3.17. The van der Waals surface area contributed by atoms with E-state index in [9.17, 15) is 4.79 Å². The highest BCUT2D eigenvalue weighted by Gasteiger charge is 2.03. The van der Waals surface area contributed by atoms with Gasteiger partial charge in [0.15, 0.2) is 6.29 Å². The van der Waals surface area contributed by atoms with Crippen molar-refractivity contribution in [2.75, 3.05) is 0 Å². The summed E-state index contributed by atoms with van der Waals surface area (Å²) in [4.78, 5) is 14.9. The molecule has 3 rings (SSSR count). The average Bonchev–Trinajstić information content (AvgIpc) is 2.72. The van der Waals surface area contributed by atoms with E-state index in [4.69, 9.17) is 0 Å². The van der Waals surface area contributed by atoms with Crippen molar-refractivity contribution >= 4 is 22.8 Å². The van der Waals surface area contributed by atoms with Gasteiger partial charge in [0.2, 0.25) is 0 Å². The van der Waals surface area contributed by atoms with Gasteiger partial charge in [-0.3, -0.25) is 9.20 Å². The number of nitrogens with zero attached hydrogens (tertiary/aromatic N) is 2. The van der Waals surface area contributed by atoms with Crippen LogP contribution in [0.3, 0.4) is 0 Å². The summed E-state index contributed by atoms with van der Waals surface area (Å²) in [5, 5.41) is 1.15. The lowest BCUT2D eigenvalue weighted by Crippen LogP contribution is -1.87. The first kappa shape index (κ1) is 9.09. The molecule has 0 aliphatic carbocycles. The number of aryl methyl sites for hydroxylation is 1. The Morgan fingerprint density at radius 2 is 2.06 bits per heavy atom. The summed E-state index contributed by atoms with van der Waals surface area (Å²) in [6, 6.07) is 10.2. The first-order valence-corrected chi connectivity index (χ1v) is 5.11. The van der Waals surface area contributed by atoms with E-state index in [2.05, 4.69) is 30.1 Å². The Labute approximate surface area is 92.3 Å². The number of aromatic nitrogens is 2. The van der Waals surface area contributed by atoms with Crippen LogP contribution in [-0.2, 0) is 0 Å². The number of fused-ring (bicyclic) bond motifs is 3. The lowest BCUT2D eigenvalue weighted by molar-refractivity contribution is 0.111. The summed E-state index contributed by atoms with van der Waals surface area (Å²) >= 11 is 0. The van der Waals surface area contributed by atoms with E-state index in [-0.39, 0.29) is 0 Å². The van der Waals surface area contributed by atoms with E-state index in [1.807, 2.05) is 16.5 Å². The van der Waals surface area contributed by atoms with Crippen LogP contribution in [0.5, 0.6) is 0 Å². The number of carbonyl (C=O) groups is 1. The zero-order chi connectivity index (χ0) is 11.1. The Balaban J connectivity index is 2.50. The molecule has 0 aliphatic heterocycles. The van der Waals surface area contributed by atoms with Gasteiger partial charge in [-0.2, -0.15) is 0 Å². The molecule has 0 radical (unpaired) electrons. The van der Waals surface area contributed by atoms with Gasteiger partial charge >= 0.3 is 0 Å². The molecule has 2 heterocycles. The van der Waals surface area contributed by atoms with Crippen LogP contribution in [0, 0.1) is 6.92 Å². The van der Waals surface area contributed by atoms with Gasteiger partial charge < -0.3 is 0 Å². The van der Waals surface area contributed by atoms with E-state index >= 15 is 0 Å². The van der Waals surface area contributed by atoms with Crippen LogP contribution in [0.25, 0.3) is 16.6 Å². The van der Waals surface area contributed by atoms with E-state index in [1.54, 1.807) is 6.20 Å². The maximum Gasteiger partial charge on any atom is 0.170 e. The number of hydrogen-bond acceptors (Lipinski definition) is 2. The van der Waals surface area contributed by atoms with Crippen LogP contribution in [0.15, 0.2) is 36.5 Å². The molecule has 0 N–H and O–H groups in total. The predicted molar refractivity (Wildman–Crippen MR) is 62.8 cm³/mol. The molecule has 0 fully saturated rings. The van der Waals surface area contributed by atoms with Crippen molar-refractivity contribution in [2.24, 2.45) is 0 Å². The smallest absolute Gasteiger partial charge is 0.170 e. The number of carbonyl (C=O) groups excluding carboxylic acids is 1. The third-order valence-corrected chi connectivity index (χ3v) is 2.73. The van der Waals surface area contributed by atoms with Gasteiger partial charge in [-0.05, 0) is 36.1 Å². The maximum atomic E-state index is 10.7. The van der Waals surface area contributed by atoms with Crippen molar-refractivity contribution in [3.05, 3.63) is 47.8 Å². The lowest BCUT2D eigenvalue weighted by atomic mass is 10.1. The highest BCUT2D eigenvalue weighted by Crippen LogP contribution is 2.18. The number of pyridine rings is 1. The Morgan fingerprint density at radius 1 is 1.25 bits per heavy atom. The Hall–Kier alpha value is -2.16. The highest BCUT2D eigenvalue weighted by molar-refractivity contribution is 5.84. The fourth-order valence-electron chi connectivity index (χ4n) is 1.95. The molecule has 0 saturated carbocycles. The van der Waals surface area contributed by atoms with Gasteiger partial charge in [-0.25, -0.2) is 4.98 Å². The van der Waals surface area contributed by atoms with Crippen LogP contribution in [0.1, 0.15) is 16.1 Å². The second-order valence-corrected chi connectivity index (χ2v) is 3.91. The fraction of sp³-hybridized carbons (Fsp3) is 0.0769. The van der Waals surface area contributed by atoms with Crippen molar-refractivity contribution in [1.82, 2.24) is 9.38 Å². The zero-order valence-corrected chi connectivity index (χ0v) is 8.84. The quantitative estimate of drug-likeness (QED) is 0.578. The Morgan fingerprint density at radius 3 is 2.88 bits per heavy atom. The Kier molecular flexibility index (Phi) is 1.80. The van der Waals surface area contributed by atoms with Crippen LogP contribution < -0.4 is 0 Å². The molecular formula is C13H10N2O. The number of hydrogen-bond donors (Lipinski definition) is 0. The van der Waals surface area contributed by atoms with Gasteiger partial charge in [0.1, 0.15) is 11.3 Å². The third-order valence-electron chi connectivity index (χ3n) is 2.73. The SMILES string of the molecule is Cc1ccc2ccc3nc(C=O)cn3c2c1. The number of aldehydes is 1. The monoisotopic (exact) mass is 210 g/mol. The van der Waals surface area contributed by atoms with Gasteiger partial charge in [-0.15, -0.1) is 0 Å². The van der Waals surface area contributed by atoms with Gasteiger partial charge in [0, 0.05) is 6.20 Å². The Bertz CT molecular complexity index is 698. The van der Waals surface area contributed by atoms with Crippen molar-refractivity contribution < 1.29 is 4.79 Å². The fourth-order valence-corrected chi connectivity index (χ4v) is 1.95. The maximum absolute atomic E-state index is 10.7. The molecule has 0 atom stereocenters. The first-order valence-electron chi connectivity index (χ1n) is 5.11. The molecule has 3 aromatic rings. The molecule has 0 amide bonds. The molecular weight excluding hydrogens is 200 g/mol. The normalized spacial score (nSPS) is 11.1. The standard InChI is InChI=1S/C13H10N2O/c1-9-2-3-10-4-5-13-14-11(8-16)7-15(13)12(10)6-9/h2-8H,1H3. The molecule has 16 heavy (non-hydrogen) atoms. The van der Waals surface area contributed by atoms with Gasteiger partial charge in [0.25, 0.3) is 0 Å². The first-order chi connectivity index (χ1) is 7.78. The molecule has 1 aromatic carbocycles. The van der Waals surface area contributed by atoms with E-state index in [0.717, 1.165) is 22.8 Å². The molecule has 3 nitrogen and oxygen atoms in total. The summed E-state index contributed by atoms with van der Waals surface area (Å²) in [5.74, 6) is 0. The molecule has 0 bridgehead atoms. The summed E-state index contributed by atoms with van der Waals surface area (Å²) in [6.45, 7) is 2.05. The summed E-state index contributed by atoms with van der Waals surface area (Å²) in [7, 11) is 0.